The number of piperidine rings is 1. The van der Waals surface area contributed by atoms with Crippen molar-refractivity contribution >= 4 is 17.3 Å². The third kappa shape index (κ3) is 2.88. The molecule has 120 valence electrons. The Morgan fingerprint density at radius 1 is 1.27 bits per heavy atom. The SMILES string of the molecule is CCOc1cc(C2NN=C3CCNCC32)cc(Cl)c1OCC. The number of nitrogens with one attached hydrogen (secondary N) is 2. The summed E-state index contributed by atoms with van der Waals surface area (Å²) in [7, 11) is 0. The molecule has 0 spiro atoms. The molecule has 1 aromatic rings. The Hall–Kier alpha value is -1.46. The van der Waals surface area contributed by atoms with Crippen molar-refractivity contribution in [3.05, 3.63) is 22.7 Å². The highest BCUT2D eigenvalue weighted by atomic mass is 35.5. The number of nitrogens with zero attached hydrogens (tertiary/aromatic N) is 1. The first-order chi connectivity index (χ1) is 10.7. The van der Waals surface area contributed by atoms with Crippen LogP contribution < -0.4 is 20.2 Å². The van der Waals surface area contributed by atoms with Gasteiger partial charge in [0.05, 0.1) is 24.3 Å². The molecule has 0 saturated carbocycles. The standard InChI is InChI=1S/C16H22ClN3O2/c1-3-21-14-8-10(7-12(17)16(14)22-4-2)15-11-9-18-6-5-13(11)19-20-15/h7-8,11,15,18,20H,3-6,9H2,1-2H3. The van der Waals surface area contributed by atoms with Crippen LogP contribution in [0.15, 0.2) is 17.2 Å². The van der Waals surface area contributed by atoms with Crippen molar-refractivity contribution in [1.82, 2.24) is 10.7 Å². The molecular weight excluding hydrogens is 302 g/mol. The summed E-state index contributed by atoms with van der Waals surface area (Å²) in [5, 5.41) is 8.51. The van der Waals surface area contributed by atoms with Crippen LogP contribution in [0.2, 0.25) is 5.02 Å². The maximum Gasteiger partial charge on any atom is 0.179 e. The Balaban J connectivity index is 1.91. The van der Waals surface area contributed by atoms with Crippen LogP contribution in [0.25, 0.3) is 0 Å². The van der Waals surface area contributed by atoms with E-state index in [1.54, 1.807) is 0 Å². The summed E-state index contributed by atoms with van der Waals surface area (Å²) in [5.41, 5.74) is 5.59. The summed E-state index contributed by atoms with van der Waals surface area (Å²) < 4.78 is 11.3. The molecular formula is C16H22ClN3O2. The van der Waals surface area contributed by atoms with Crippen molar-refractivity contribution in [3.8, 4) is 11.5 Å². The van der Waals surface area contributed by atoms with Crippen LogP contribution in [0.5, 0.6) is 11.5 Å². The highest BCUT2D eigenvalue weighted by Crippen LogP contribution is 2.40. The minimum absolute atomic E-state index is 0.134. The highest BCUT2D eigenvalue weighted by molar-refractivity contribution is 6.32. The number of benzene rings is 1. The Bertz CT molecular complexity index is 577. The van der Waals surface area contributed by atoms with Crippen LogP contribution in [-0.4, -0.2) is 32.0 Å². The maximum absolute atomic E-state index is 6.42. The van der Waals surface area contributed by atoms with Crippen molar-refractivity contribution in [2.45, 2.75) is 26.3 Å². The molecule has 2 N–H and O–H groups in total. The second-order valence-electron chi connectivity index (χ2n) is 5.47. The first-order valence-corrected chi connectivity index (χ1v) is 8.24. The zero-order valence-electron chi connectivity index (χ0n) is 13.0. The normalized spacial score (nSPS) is 23.5. The average Bonchev–Trinajstić information content (AvgIpc) is 2.95. The van der Waals surface area contributed by atoms with Crippen LogP contribution in [-0.2, 0) is 0 Å². The minimum Gasteiger partial charge on any atom is -0.490 e. The van der Waals surface area contributed by atoms with Crippen molar-refractivity contribution < 1.29 is 9.47 Å². The van der Waals surface area contributed by atoms with Crippen LogP contribution in [0.4, 0.5) is 0 Å². The molecule has 1 saturated heterocycles. The molecule has 0 aliphatic carbocycles. The van der Waals surface area contributed by atoms with Gasteiger partial charge in [-0.3, -0.25) is 0 Å². The molecule has 22 heavy (non-hydrogen) atoms. The fourth-order valence-electron chi connectivity index (χ4n) is 3.09. The lowest BCUT2D eigenvalue weighted by molar-refractivity contribution is 0.287. The van der Waals surface area contributed by atoms with Crippen molar-refractivity contribution in [2.75, 3.05) is 26.3 Å². The molecule has 1 fully saturated rings. The van der Waals surface area contributed by atoms with Crippen LogP contribution in [0.3, 0.4) is 0 Å². The van der Waals surface area contributed by atoms with Gasteiger partial charge in [0.25, 0.3) is 0 Å². The lowest BCUT2D eigenvalue weighted by Crippen LogP contribution is -2.38. The fraction of sp³-hybridized carbons (Fsp3) is 0.562. The van der Waals surface area contributed by atoms with Gasteiger partial charge in [-0.15, -0.1) is 0 Å². The van der Waals surface area contributed by atoms with Gasteiger partial charge in [0.15, 0.2) is 11.5 Å². The summed E-state index contributed by atoms with van der Waals surface area (Å²) in [4.78, 5) is 0. The van der Waals surface area contributed by atoms with Gasteiger partial charge in [0, 0.05) is 31.1 Å². The minimum atomic E-state index is 0.134. The summed E-state index contributed by atoms with van der Waals surface area (Å²) >= 11 is 6.42. The van der Waals surface area contributed by atoms with E-state index >= 15 is 0 Å². The van der Waals surface area contributed by atoms with E-state index < -0.39 is 0 Å². The van der Waals surface area contributed by atoms with E-state index in [1.165, 1.54) is 5.71 Å². The highest BCUT2D eigenvalue weighted by Gasteiger charge is 2.35. The summed E-state index contributed by atoms with van der Waals surface area (Å²) in [6.07, 6.45) is 0.997. The smallest absolute Gasteiger partial charge is 0.179 e. The van der Waals surface area contributed by atoms with Gasteiger partial charge >= 0.3 is 0 Å². The first-order valence-electron chi connectivity index (χ1n) is 7.86. The molecule has 6 heteroatoms. The third-order valence-electron chi connectivity index (χ3n) is 4.08. The van der Waals surface area contributed by atoms with E-state index in [4.69, 9.17) is 21.1 Å². The molecule has 1 aromatic carbocycles. The molecule has 2 atom stereocenters. The van der Waals surface area contributed by atoms with E-state index in [2.05, 4.69) is 15.8 Å². The Kier molecular flexibility index (Phi) is 4.74. The van der Waals surface area contributed by atoms with Crippen molar-refractivity contribution in [2.24, 2.45) is 11.0 Å². The quantitative estimate of drug-likeness (QED) is 0.875. The van der Waals surface area contributed by atoms with E-state index in [9.17, 15) is 0 Å². The van der Waals surface area contributed by atoms with Crippen LogP contribution >= 0.6 is 11.6 Å². The summed E-state index contributed by atoms with van der Waals surface area (Å²) in [6, 6.07) is 4.11. The number of halogens is 1. The molecule has 2 aliphatic rings. The molecule has 0 radical (unpaired) electrons. The predicted molar refractivity (Wildman–Crippen MR) is 88.1 cm³/mol. The molecule has 2 aliphatic heterocycles. The molecule has 3 rings (SSSR count). The zero-order valence-corrected chi connectivity index (χ0v) is 13.7. The lowest BCUT2D eigenvalue weighted by atomic mass is 9.87. The Morgan fingerprint density at radius 2 is 2.09 bits per heavy atom. The predicted octanol–water partition coefficient (Wildman–Crippen LogP) is 2.75. The molecule has 0 aromatic heterocycles. The lowest BCUT2D eigenvalue weighted by Gasteiger charge is -2.26. The van der Waals surface area contributed by atoms with E-state index in [1.807, 2.05) is 26.0 Å². The third-order valence-corrected chi connectivity index (χ3v) is 4.36. The van der Waals surface area contributed by atoms with Gasteiger partial charge < -0.3 is 20.2 Å². The molecule has 2 heterocycles. The van der Waals surface area contributed by atoms with Gasteiger partial charge in [-0.05, 0) is 31.5 Å². The maximum atomic E-state index is 6.42. The second-order valence-corrected chi connectivity index (χ2v) is 5.87. The number of hydrazone groups is 1. The van der Waals surface area contributed by atoms with E-state index in [0.717, 1.165) is 25.1 Å². The van der Waals surface area contributed by atoms with E-state index in [0.29, 0.717) is 35.7 Å². The van der Waals surface area contributed by atoms with Gasteiger partial charge in [-0.2, -0.15) is 5.10 Å². The van der Waals surface area contributed by atoms with Crippen LogP contribution in [0, 0.1) is 5.92 Å². The largest absolute Gasteiger partial charge is 0.490 e. The first kappa shape index (κ1) is 15.4. The number of ether oxygens (including phenoxy) is 2. The average molecular weight is 324 g/mol. The van der Waals surface area contributed by atoms with Gasteiger partial charge in [-0.25, -0.2) is 0 Å². The molecule has 0 bridgehead atoms. The Labute approximate surface area is 136 Å². The van der Waals surface area contributed by atoms with Crippen molar-refractivity contribution in [1.29, 1.82) is 0 Å². The summed E-state index contributed by atoms with van der Waals surface area (Å²) in [5.74, 6) is 1.69. The Morgan fingerprint density at radius 3 is 2.86 bits per heavy atom. The zero-order chi connectivity index (χ0) is 15.5. The van der Waals surface area contributed by atoms with Crippen molar-refractivity contribution in [3.63, 3.8) is 0 Å². The summed E-state index contributed by atoms with van der Waals surface area (Å²) in [6.45, 7) is 6.96. The molecule has 0 amide bonds. The van der Waals surface area contributed by atoms with Gasteiger partial charge in [0.1, 0.15) is 0 Å². The van der Waals surface area contributed by atoms with Crippen LogP contribution in [0.1, 0.15) is 31.9 Å². The molecule has 5 nitrogen and oxygen atoms in total. The van der Waals surface area contributed by atoms with Gasteiger partial charge in [-0.1, -0.05) is 11.6 Å². The number of hydrogen-bond donors (Lipinski definition) is 2. The topological polar surface area (TPSA) is 54.9 Å². The fourth-order valence-corrected chi connectivity index (χ4v) is 3.36. The number of fused-ring (bicyclic) bond motifs is 1. The second kappa shape index (κ2) is 6.75. The van der Waals surface area contributed by atoms with E-state index in [-0.39, 0.29) is 6.04 Å². The number of hydrogen-bond acceptors (Lipinski definition) is 5. The monoisotopic (exact) mass is 323 g/mol. The van der Waals surface area contributed by atoms with Gasteiger partial charge in [0.2, 0.25) is 0 Å². The molecule has 2 unspecified atom stereocenters. The number of rotatable bonds is 5.